The van der Waals surface area contributed by atoms with E-state index < -0.39 is 11.8 Å². The largest absolute Gasteiger partial charge is 0.465 e. The van der Waals surface area contributed by atoms with E-state index in [-0.39, 0.29) is 17.5 Å². The quantitative estimate of drug-likeness (QED) is 0.862. The minimum Gasteiger partial charge on any atom is -0.465 e. The molecule has 1 aliphatic rings. The smallest absolute Gasteiger partial charge is 0.340 e. The summed E-state index contributed by atoms with van der Waals surface area (Å²) in [5, 5.41) is 3.24. The molecule has 0 saturated heterocycles. The summed E-state index contributed by atoms with van der Waals surface area (Å²) in [6, 6.07) is 9.23. The van der Waals surface area contributed by atoms with Gasteiger partial charge in [0.25, 0.3) is 5.91 Å². The zero-order chi connectivity index (χ0) is 17.3. The zero-order valence-electron chi connectivity index (χ0n) is 12.9. The van der Waals surface area contributed by atoms with Gasteiger partial charge in [0.15, 0.2) is 0 Å². The van der Waals surface area contributed by atoms with Crippen molar-refractivity contribution in [3.05, 3.63) is 69.5 Å². The number of nitrogens with one attached hydrogen (secondary N) is 1. The average Bonchev–Trinajstić information content (AvgIpc) is 2.95. The van der Waals surface area contributed by atoms with Crippen LogP contribution in [0.5, 0.6) is 0 Å². The van der Waals surface area contributed by atoms with Crippen LogP contribution in [0, 0.1) is 5.82 Å². The van der Waals surface area contributed by atoms with E-state index in [1.54, 1.807) is 24.3 Å². The Hall–Kier alpha value is -2.40. The number of hydrogen-bond acceptors (Lipinski definition) is 3. The van der Waals surface area contributed by atoms with Crippen molar-refractivity contribution in [1.82, 2.24) is 5.32 Å². The van der Waals surface area contributed by atoms with Crippen molar-refractivity contribution in [2.24, 2.45) is 0 Å². The molecule has 0 bridgehead atoms. The maximum atomic E-state index is 14.1. The Kier molecular flexibility index (Phi) is 4.53. The van der Waals surface area contributed by atoms with Crippen molar-refractivity contribution in [2.45, 2.75) is 18.9 Å². The second-order valence-corrected chi connectivity index (χ2v) is 5.97. The Morgan fingerprint density at radius 1 is 1.25 bits per heavy atom. The van der Waals surface area contributed by atoms with Gasteiger partial charge in [-0.2, -0.15) is 0 Å². The van der Waals surface area contributed by atoms with Gasteiger partial charge in [0.05, 0.1) is 29.3 Å². The first kappa shape index (κ1) is 16.5. The molecular formula is C18H15ClFNO3. The van der Waals surface area contributed by atoms with E-state index in [0.717, 1.165) is 5.56 Å². The molecule has 1 aliphatic carbocycles. The second-order valence-electron chi connectivity index (χ2n) is 5.57. The molecule has 24 heavy (non-hydrogen) atoms. The number of rotatable bonds is 3. The summed E-state index contributed by atoms with van der Waals surface area (Å²) < 4.78 is 18.7. The van der Waals surface area contributed by atoms with Crippen LogP contribution < -0.4 is 5.32 Å². The Morgan fingerprint density at radius 2 is 2.00 bits per heavy atom. The highest BCUT2D eigenvalue weighted by molar-refractivity contribution is 6.33. The Balaban J connectivity index is 1.85. The molecule has 1 N–H and O–H groups in total. The molecule has 0 spiro atoms. The van der Waals surface area contributed by atoms with Crippen molar-refractivity contribution in [3.63, 3.8) is 0 Å². The fraction of sp³-hybridized carbons (Fsp3) is 0.222. The van der Waals surface area contributed by atoms with E-state index >= 15 is 0 Å². The summed E-state index contributed by atoms with van der Waals surface area (Å²) in [6.45, 7) is 0. The number of carbonyl (C=O) groups excluding carboxylic acids is 2. The maximum absolute atomic E-state index is 14.1. The van der Waals surface area contributed by atoms with Gasteiger partial charge in [0.2, 0.25) is 0 Å². The molecule has 124 valence electrons. The highest BCUT2D eigenvalue weighted by Gasteiger charge is 2.28. The number of ether oxygens (including phenoxy) is 1. The predicted octanol–water partition coefficient (Wildman–Crippen LogP) is 3.68. The van der Waals surface area contributed by atoms with E-state index in [4.69, 9.17) is 11.6 Å². The number of hydrogen-bond donors (Lipinski definition) is 1. The lowest BCUT2D eigenvalue weighted by molar-refractivity contribution is 0.0595. The van der Waals surface area contributed by atoms with Crippen LogP contribution in [0.3, 0.4) is 0 Å². The monoisotopic (exact) mass is 347 g/mol. The minimum absolute atomic E-state index is 0.0886. The number of methoxy groups -OCH3 is 1. The third kappa shape index (κ3) is 2.99. The Bertz CT molecular complexity index is 822. The molecular weight excluding hydrogens is 333 g/mol. The third-order valence-electron chi connectivity index (χ3n) is 4.14. The van der Waals surface area contributed by atoms with Gasteiger partial charge >= 0.3 is 5.97 Å². The maximum Gasteiger partial charge on any atom is 0.340 e. The normalized spacial score (nSPS) is 15.7. The van der Waals surface area contributed by atoms with Crippen LogP contribution in [-0.4, -0.2) is 19.0 Å². The summed E-state index contributed by atoms with van der Waals surface area (Å²) in [7, 11) is 1.21. The molecule has 0 aromatic heterocycles. The van der Waals surface area contributed by atoms with Gasteiger partial charge in [-0.05, 0) is 48.2 Å². The molecule has 0 heterocycles. The first-order valence-corrected chi connectivity index (χ1v) is 7.85. The van der Waals surface area contributed by atoms with Crippen molar-refractivity contribution < 1.29 is 18.7 Å². The fourth-order valence-corrected chi connectivity index (χ4v) is 3.15. The van der Waals surface area contributed by atoms with Crippen LogP contribution in [0.25, 0.3) is 0 Å². The first-order chi connectivity index (χ1) is 11.5. The predicted molar refractivity (Wildman–Crippen MR) is 87.7 cm³/mol. The fourth-order valence-electron chi connectivity index (χ4n) is 2.93. The highest BCUT2D eigenvalue weighted by Crippen LogP contribution is 2.33. The van der Waals surface area contributed by atoms with E-state index in [1.807, 2.05) is 0 Å². The number of esters is 1. The van der Waals surface area contributed by atoms with E-state index in [0.29, 0.717) is 29.0 Å². The molecule has 2 aromatic rings. The standard InChI is InChI=1S/C18H15ClFNO3/c1-24-18(23)13-8-10-6-7-16(12(10)9-15(13)20)21-17(22)11-4-2-3-5-14(11)19/h2-5,8-9,16H,6-7H2,1H3,(H,21,22). The number of halogens is 2. The number of amides is 1. The van der Waals surface area contributed by atoms with Gasteiger partial charge in [-0.15, -0.1) is 0 Å². The third-order valence-corrected chi connectivity index (χ3v) is 4.47. The molecule has 1 atom stereocenters. The van der Waals surface area contributed by atoms with E-state index in [9.17, 15) is 14.0 Å². The molecule has 2 aromatic carbocycles. The Labute approximate surface area is 143 Å². The topological polar surface area (TPSA) is 55.4 Å². The lowest BCUT2D eigenvalue weighted by Crippen LogP contribution is -2.27. The van der Waals surface area contributed by atoms with Gasteiger partial charge in [0, 0.05) is 0 Å². The lowest BCUT2D eigenvalue weighted by atomic mass is 10.0. The van der Waals surface area contributed by atoms with Crippen LogP contribution in [0.4, 0.5) is 4.39 Å². The molecule has 1 amide bonds. The minimum atomic E-state index is -0.709. The summed E-state index contributed by atoms with van der Waals surface area (Å²) in [4.78, 5) is 23.9. The van der Waals surface area contributed by atoms with Crippen molar-refractivity contribution in [1.29, 1.82) is 0 Å². The molecule has 0 saturated carbocycles. The van der Waals surface area contributed by atoms with Crippen molar-refractivity contribution in [3.8, 4) is 0 Å². The second kappa shape index (κ2) is 6.61. The number of aryl methyl sites for hydroxylation is 1. The summed E-state index contributed by atoms with van der Waals surface area (Å²) in [6.07, 6.45) is 1.28. The van der Waals surface area contributed by atoms with Crippen LogP contribution in [-0.2, 0) is 11.2 Å². The zero-order valence-corrected chi connectivity index (χ0v) is 13.7. The van der Waals surface area contributed by atoms with Gasteiger partial charge < -0.3 is 10.1 Å². The van der Waals surface area contributed by atoms with Crippen LogP contribution >= 0.6 is 11.6 Å². The highest BCUT2D eigenvalue weighted by atomic mass is 35.5. The number of benzene rings is 2. The molecule has 0 fully saturated rings. The SMILES string of the molecule is COC(=O)c1cc2c(cc1F)C(NC(=O)c1ccccc1Cl)CC2. The molecule has 1 unspecified atom stereocenters. The van der Waals surface area contributed by atoms with Crippen LogP contribution in [0.15, 0.2) is 36.4 Å². The molecule has 3 rings (SSSR count). The number of fused-ring (bicyclic) bond motifs is 1. The lowest BCUT2D eigenvalue weighted by Gasteiger charge is -2.15. The summed E-state index contributed by atoms with van der Waals surface area (Å²) in [5.41, 5.74) is 1.80. The molecule has 6 heteroatoms. The van der Waals surface area contributed by atoms with E-state index in [1.165, 1.54) is 19.2 Å². The molecule has 0 radical (unpaired) electrons. The first-order valence-electron chi connectivity index (χ1n) is 7.47. The Morgan fingerprint density at radius 3 is 2.71 bits per heavy atom. The van der Waals surface area contributed by atoms with Crippen LogP contribution in [0.1, 0.15) is 44.3 Å². The van der Waals surface area contributed by atoms with Gasteiger partial charge in [0.1, 0.15) is 5.82 Å². The van der Waals surface area contributed by atoms with Gasteiger partial charge in [-0.1, -0.05) is 23.7 Å². The summed E-state index contributed by atoms with van der Waals surface area (Å²) in [5.74, 6) is -1.67. The van der Waals surface area contributed by atoms with Gasteiger partial charge in [-0.25, -0.2) is 9.18 Å². The molecule has 0 aliphatic heterocycles. The average molecular weight is 348 g/mol. The number of carbonyl (C=O) groups is 2. The van der Waals surface area contributed by atoms with E-state index in [2.05, 4.69) is 10.1 Å². The molecule has 4 nitrogen and oxygen atoms in total. The summed E-state index contributed by atoms with van der Waals surface area (Å²) >= 11 is 6.03. The van der Waals surface area contributed by atoms with Crippen molar-refractivity contribution in [2.75, 3.05) is 7.11 Å². The van der Waals surface area contributed by atoms with Crippen molar-refractivity contribution >= 4 is 23.5 Å². The van der Waals surface area contributed by atoms with Crippen LogP contribution in [0.2, 0.25) is 5.02 Å². The van der Waals surface area contributed by atoms with Gasteiger partial charge in [-0.3, -0.25) is 4.79 Å².